The maximum absolute atomic E-state index is 11.8. The molecule has 0 aromatic carbocycles. The molecule has 0 spiro atoms. The van der Waals surface area contributed by atoms with Crippen molar-refractivity contribution < 1.29 is 8.42 Å². The fourth-order valence-corrected chi connectivity index (χ4v) is 5.57. The standard InChI is InChI=1S/C11H22N2O2S2/c1-17(14,15)11-9-16-7-6-13(11)8-10-2-4-12-5-3-10/h10-12H,2-9H2,1H3. The van der Waals surface area contributed by atoms with Crippen molar-refractivity contribution in [3.63, 3.8) is 0 Å². The van der Waals surface area contributed by atoms with Gasteiger partial charge in [-0.3, -0.25) is 4.90 Å². The number of hydrogen-bond acceptors (Lipinski definition) is 5. The summed E-state index contributed by atoms with van der Waals surface area (Å²) in [6, 6.07) is 0. The second-order valence-electron chi connectivity index (χ2n) is 5.05. The van der Waals surface area contributed by atoms with Gasteiger partial charge in [0.05, 0.1) is 0 Å². The second-order valence-corrected chi connectivity index (χ2v) is 8.40. The first-order valence-corrected chi connectivity index (χ1v) is 9.39. The van der Waals surface area contributed by atoms with Gasteiger partial charge in [0.15, 0.2) is 9.84 Å². The van der Waals surface area contributed by atoms with Crippen LogP contribution in [0.15, 0.2) is 0 Å². The van der Waals surface area contributed by atoms with Gasteiger partial charge in [-0.05, 0) is 31.8 Å². The smallest absolute Gasteiger partial charge is 0.164 e. The Morgan fingerprint density at radius 1 is 1.35 bits per heavy atom. The lowest BCUT2D eigenvalue weighted by atomic mass is 9.97. The van der Waals surface area contributed by atoms with Gasteiger partial charge in [0.2, 0.25) is 0 Å². The van der Waals surface area contributed by atoms with Gasteiger partial charge in [-0.15, -0.1) is 0 Å². The summed E-state index contributed by atoms with van der Waals surface area (Å²) in [5.41, 5.74) is 0. The molecular formula is C11H22N2O2S2. The molecule has 1 N–H and O–H groups in total. The fourth-order valence-electron chi connectivity index (χ4n) is 2.61. The summed E-state index contributed by atoms with van der Waals surface area (Å²) in [6.07, 6.45) is 3.74. The van der Waals surface area contributed by atoms with Crippen molar-refractivity contribution >= 4 is 21.6 Å². The molecule has 17 heavy (non-hydrogen) atoms. The maximum atomic E-state index is 11.8. The number of nitrogens with zero attached hydrogens (tertiary/aromatic N) is 1. The molecule has 1 atom stereocenters. The third-order valence-electron chi connectivity index (χ3n) is 3.64. The zero-order chi connectivity index (χ0) is 12.3. The number of nitrogens with one attached hydrogen (secondary N) is 1. The summed E-state index contributed by atoms with van der Waals surface area (Å²) in [5, 5.41) is 3.10. The van der Waals surface area contributed by atoms with E-state index in [1.165, 1.54) is 19.1 Å². The summed E-state index contributed by atoms with van der Waals surface area (Å²) < 4.78 is 23.5. The van der Waals surface area contributed by atoms with Gasteiger partial charge < -0.3 is 5.32 Å². The van der Waals surface area contributed by atoms with Crippen LogP contribution in [0.3, 0.4) is 0 Å². The zero-order valence-corrected chi connectivity index (χ0v) is 12.0. The number of thioether (sulfide) groups is 1. The van der Waals surface area contributed by atoms with E-state index in [2.05, 4.69) is 10.2 Å². The second kappa shape index (κ2) is 5.91. The fraction of sp³-hybridized carbons (Fsp3) is 1.00. The van der Waals surface area contributed by atoms with Gasteiger partial charge in [-0.25, -0.2) is 8.42 Å². The van der Waals surface area contributed by atoms with Gasteiger partial charge in [0.25, 0.3) is 0 Å². The number of rotatable bonds is 3. The molecule has 2 saturated heterocycles. The monoisotopic (exact) mass is 278 g/mol. The van der Waals surface area contributed by atoms with Gasteiger partial charge >= 0.3 is 0 Å². The molecule has 6 heteroatoms. The van der Waals surface area contributed by atoms with E-state index >= 15 is 0 Å². The van der Waals surface area contributed by atoms with Crippen LogP contribution in [0.25, 0.3) is 0 Å². The highest BCUT2D eigenvalue weighted by atomic mass is 32.2. The Hall–Kier alpha value is 0.220. The molecule has 0 amide bonds. The summed E-state index contributed by atoms with van der Waals surface area (Å²) in [5.74, 6) is 2.48. The highest BCUT2D eigenvalue weighted by molar-refractivity contribution is 8.00. The summed E-state index contributed by atoms with van der Waals surface area (Å²) in [7, 11) is -2.94. The first kappa shape index (κ1) is 13.6. The van der Waals surface area contributed by atoms with Crippen molar-refractivity contribution in [2.24, 2.45) is 5.92 Å². The normalized spacial score (nSPS) is 29.4. The highest BCUT2D eigenvalue weighted by Crippen LogP contribution is 2.23. The van der Waals surface area contributed by atoms with Gasteiger partial charge in [0.1, 0.15) is 5.37 Å². The van der Waals surface area contributed by atoms with Crippen LogP contribution in [0.1, 0.15) is 12.8 Å². The lowest BCUT2D eigenvalue weighted by molar-refractivity contribution is 0.203. The van der Waals surface area contributed by atoms with Crippen LogP contribution >= 0.6 is 11.8 Å². The molecule has 2 rings (SSSR count). The Kier molecular flexibility index (Phi) is 4.74. The van der Waals surface area contributed by atoms with Crippen LogP contribution < -0.4 is 5.32 Å². The average molecular weight is 278 g/mol. The van der Waals surface area contributed by atoms with Crippen LogP contribution in [0.4, 0.5) is 0 Å². The lowest BCUT2D eigenvalue weighted by Crippen LogP contribution is -2.49. The van der Waals surface area contributed by atoms with Crippen molar-refractivity contribution in [2.45, 2.75) is 18.2 Å². The zero-order valence-electron chi connectivity index (χ0n) is 10.4. The Labute approximate surface area is 108 Å². The van der Waals surface area contributed by atoms with Crippen LogP contribution in [-0.4, -0.2) is 62.6 Å². The molecule has 0 bridgehead atoms. The first-order valence-electron chi connectivity index (χ1n) is 6.29. The Bertz CT molecular complexity index is 339. The molecule has 0 aromatic heterocycles. The van der Waals surface area contributed by atoms with E-state index in [1.54, 1.807) is 11.8 Å². The van der Waals surface area contributed by atoms with Crippen molar-refractivity contribution in [1.29, 1.82) is 0 Å². The van der Waals surface area contributed by atoms with Crippen LogP contribution in [0.5, 0.6) is 0 Å². The van der Waals surface area contributed by atoms with E-state index in [9.17, 15) is 8.42 Å². The first-order chi connectivity index (χ1) is 8.07. The summed E-state index contributed by atoms with van der Waals surface area (Å²) in [6.45, 7) is 4.04. The molecule has 2 heterocycles. The number of hydrogen-bond donors (Lipinski definition) is 1. The van der Waals surface area contributed by atoms with E-state index in [4.69, 9.17) is 0 Å². The van der Waals surface area contributed by atoms with Crippen molar-refractivity contribution in [1.82, 2.24) is 10.2 Å². The summed E-state index contributed by atoms with van der Waals surface area (Å²) >= 11 is 1.76. The van der Waals surface area contributed by atoms with Crippen LogP contribution in [0, 0.1) is 5.92 Å². The van der Waals surface area contributed by atoms with E-state index in [0.29, 0.717) is 5.92 Å². The number of sulfone groups is 1. The third kappa shape index (κ3) is 3.84. The molecule has 1 unspecified atom stereocenters. The third-order valence-corrected chi connectivity index (χ3v) is 6.32. The van der Waals surface area contributed by atoms with Crippen molar-refractivity contribution in [2.75, 3.05) is 43.9 Å². The molecule has 0 aromatic rings. The molecule has 2 fully saturated rings. The molecule has 100 valence electrons. The average Bonchev–Trinajstić information content (AvgIpc) is 2.30. The van der Waals surface area contributed by atoms with Crippen molar-refractivity contribution in [3.05, 3.63) is 0 Å². The molecule has 4 nitrogen and oxygen atoms in total. The SMILES string of the molecule is CS(=O)(=O)C1CSCCN1CC1CCNCC1. The van der Waals surface area contributed by atoms with Crippen molar-refractivity contribution in [3.8, 4) is 0 Å². The summed E-state index contributed by atoms with van der Waals surface area (Å²) in [4.78, 5) is 2.20. The predicted molar refractivity (Wildman–Crippen MR) is 73.1 cm³/mol. The molecule has 2 aliphatic rings. The Balaban J connectivity index is 1.96. The molecule has 0 aliphatic carbocycles. The van der Waals surface area contributed by atoms with Crippen LogP contribution in [0.2, 0.25) is 0 Å². The molecular weight excluding hydrogens is 256 g/mol. The lowest BCUT2D eigenvalue weighted by Gasteiger charge is -2.37. The topological polar surface area (TPSA) is 49.4 Å². The van der Waals surface area contributed by atoms with Gasteiger partial charge in [0, 0.05) is 30.9 Å². The van der Waals surface area contributed by atoms with E-state index in [0.717, 1.165) is 37.7 Å². The molecule has 0 saturated carbocycles. The predicted octanol–water partition coefficient (Wildman–Crippen LogP) is 0.406. The largest absolute Gasteiger partial charge is 0.317 e. The minimum absolute atomic E-state index is 0.254. The van der Waals surface area contributed by atoms with Gasteiger partial charge in [-0.1, -0.05) is 0 Å². The Morgan fingerprint density at radius 2 is 2.06 bits per heavy atom. The Morgan fingerprint density at radius 3 is 2.71 bits per heavy atom. The molecule has 2 aliphatic heterocycles. The molecule has 0 radical (unpaired) electrons. The maximum Gasteiger partial charge on any atom is 0.164 e. The van der Waals surface area contributed by atoms with E-state index < -0.39 is 9.84 Å². The van der Waals surface area contributed by atoms with Gasteiger partial charge in [-0.2, -0.15) is 11.8 Å². The van der Waals surface area contributed by atoms with E-state index in [-0.39, 0.29) is 5.37 Å². The number of piperidine rings is 1. The minimum atomic E-state index is -2.94. The van der Waals surface area contributed by atoms with Crippen LogP contribution in [-0.2, 0) is 9.84 Å². The minimum Gasteiger partial charge on any atom is -0.317 e. The van der Waals surface area contributed by atoms with E-state index in [1.807, 2.05) is 0 Å². The highest BCUT2D eigenvalue weighted by Gasteiger charge is 2.32. The quantitative estimate of drug-likeness (QED) is 0.810.